The van der Waals surface area contributed by atoms with Gasteiger partial charge in [-0.25, -0.2) is 0 Å². The van der Waals surface area contributed by atoms with Gasteiger partial charge in [-0.1, -0.05) is 19.1 Å². The Balaban J connectivity index is 1.82. The SMILES string of the molecule is CC(CCNCc1ccc2c(c1)CC(C)(C)O2)S(C)=O. The standard InChI is InChI=1S/C16H25NO2S/c1-12(20(4)18)7-8-17-11-13-5-6-15-14(9-13)10-16(2,3)19-15/h5-6,9,12,17H,7-8,10-11H2,1-4H3. The molecule has 1 aromatic rings. The first-order valence-electron chi connectivity index (χ1n) is 7.21. The first-order valence-corrected chi connectivity index (χ1v) is 8.83. The van der Waals surface area contributed by atoms with E-state index in [1.54, 1.807) is 6.26 Å². The number of fused-ring (bicyclic) bond motifs is 1. The zero-order valence-electron chi connectivity index (χ0n) is 12.9. The van der Waals surface area contributed by atoms with Gasteiger partial charge in [0, 0.05) is 35.3 Å². The molecular weight excluding hydrogens is 270 g/mol. The van der Waals surface area contributed by atoms with Crippen LogP contribution >= 0.6 is 0 Å². The van der Waals surface area contributed by atoms with E-state index in [9.17, 15) is 4.21 Å². The van der Waals surface area contributed by atoms with Crippen LogP contribution in [0.3, 0.4) is 0 Å². The molecule has 2 rings (SSSR count). The number of ether oxygens (including phenoxy) is 1. The second-order valence-electron chi connectivity index (χ2n) is 6.26. The molecule has 0 saturated heterocycles. The van der Waals surface area contributed by atoms with Gasteiger partial charge in [0.25, 0.3) is 0 Å². The van der Waals surface area contributed by atoms with Gasteiger partial charge >= 0.3 is 0 Å². The molecule has 0 radical (unpaired) electrons. The first kappa shape index (κ1) is 15.5. The summed E-state index contributed by atoms with van der Waals surface area (Å²) in [5.74, 6) is 1.02. The maximum atomic E-state index is 11.3. The minimum absolute atomic E-state index is 0.0744. The van der Waals surface area contributed by atoms with E-state index in [0.717, 1.165) is 31.7 Å². The first-order chi connectivity index (χ1) is 9.37. The minimum Gasteiger partial charge on any atom is -0.487 e. The smallest absolute Gasteiger partial charge is 0.123 e. The Bertz CT molecular complexity index is 499. The Morgan fingerprint density at radius 1 is 1.45 bits per heavy atom. The molecule has 3 nitrogen and oxygen atoms in total. The summed E-state index contributed by atoms with van der Waals surface area (Å²) in [6, 6.07) is 6.43. The van der Waals surface area contributed by atoms with E-state index in [-0.39, 0.29) is 10.9 Å². The minimum atomic E-state index is -0.723. The van der Waals surface area contributed by atoms with Crippen molar-refractivity contribution < 1.29 is 8.95 Å². The second kappa shape index (κ2) is 6.27. The van der Waals surface area contributed by atoms with Gasteiger partial charge in [-0.05, 0) is 44.0 Å². The van der Waals surface area contributed by atoms with Crippen molar-refractivity contribution in [2.75, 3.05) is 12.8 Å². The van der Waals surface area contributed by atoms with E-state index in [0.29, 0.717) is 0 Å². The third kappa shape index (κ3) is 4.06. The normalized spacial score (nSPS) is 19.2. The largest absolute Gasteiger partial charge is 0.487 e. The van der Waals surface area contributed by atoms with Gasteiger partial charge in [0.15, 0.2) is 0 Å². The molecule has 0 spiro atoms. The van der Waals surface area contributed by atoms with Crippen LogP contribution in [0.5, 0.6) is 5.75 Å². The van der Waals surface area contributed by atoms with Crippen LogP contribution in [0.1, 0.15) is 38.3 Å². The van der Waals surface area contributed by atoms with Crippen LogP contribution in [0.2, 0.25) is 0 Å². The summed E-state index contributed by atoms with van der Waals surface area (Å²) < 4.78 is 17.1. The van der Waals surface area contributed by atoms with Crippen molar-refractivity contribution in [3.8, 4) is 5.75 Å². The average molecular weight is 295 g/mol. The lowest BCUT2D eigenvalue weighted by Gasteiger charge is -2.16. The second-order valence-corrected chi connectivity index (χ2v) is 8.06. The molecule has 1 aliphatic heterocycles. The molecule has 2 unspecified atom stereocenters. The maximum absolute atomic E-state index is 11.3. The van der Waals surface area contributed by atoms with Gasteiger partial charge in [-0.3, -0.25) is 4.21 Å². The van der Waals surface area contributed by atoms with Crippen LogP contribution in [-0.4, -0.2) is 27.9 Å². The molecule has 0 aromatic heterocycles. The molecular formula is C16H25NO2S. The zero-order chi connectivity index (χ0) is 14.8. The molecule has 0 aliphatic carbocycles. The van der Waals surface area contributed by atoms with Crippen molar-refractivity contribution >= 4 is 10.8 Å². The third-order valence-electron chi connectivity index (χ3n) is 3.75. The summed E-state index contributed by atoms with van der Waals surface area (Å²) in [5.41, 5.74) is 2.52. The van der Waals surface area contributed by atoms with Gasteiger partial charge in [0.05, 0.1) is 0 Å². The van der Waals surface area contributed by atoms with E-state index in [1.165, 1.54) is 11.1 Å². The summed E-state index contributed by atoms with van der Waals surface area (Å²) in [6.45, 7) is 8.04. The Labute approximate surface area is 124 Å². The van der Waals surface area contributed by atoms with Crippen molar-refractivity contribution in [2.24, 2.45) is 0 Å². The number of nitrogens with one attached hydrogen (secondary N) is 1. The fourth-order valence-corrected chi connectivity index (χ4v) is 2.93. The van der Waals surface area contributed by atoms with Crippen LogP contribution in [0.4, 0.5) is 0 Å². The topological polar surface area (TPSA) is 38.3 Å². The molecule has 0 bridgehead atoms. The molecule has 4 heteroatoms. The Kier molecular flexibility index (Phi) is 4.86. The van der Waals surface area contributed by atoms with Gasteiger partial charge in [0.1, 0.15) is 11.4 Å². The lowest BCUT2D eigenvalue weighted by molar-refractivity contribution is 0.138. The fraction of sp³-hybridized carbons (Fsp3) is 0.625. The fourth-order valence-electron chi connectivity index (χ4n) is 2.48. The Morgan fingerprint density at radius 3 is 2.90 bits per heavy atom. The van der Waals surface area contributed by atoms with Crippen LogP contribution in [0.25, 0.3) is 0 Å². The van der Waals surface area contributed by atoms with Gasteiger partial charge < -0.3 is 10.1 Å². The molecule has 112 valence electrons. The summed E-state index contributed by atoms with van der Waals surface area (Å²) in [6.07, 6.45) is 3.69. The molecule has 0 fully saturated rings. The number of hydrogen-bond donors (Lipinski definition) is 1. The van der Waals surface area contributed by atoms with Crippen LogP contribution < -0.4 is 10.1 Å². The van der Waals surface area contributed by atoms with E-state index < -0.39 is 10.8 Å². The molecule has 0 saturated carbocycles. The van der Waals surface area contributed by atoms with Gasteiger partial charge in [-0.2, -0.15) is 0 Å². The highest BCUT2D eigenvalue weighted by molar-refractivity contribution is 7.84. The van der Waals surface area contributed by atoms with Crippen LogP contribution in [-0.2, 0) is 23.8 Å². The van der Waals surface area contributed by atoms with Crippen LogP contribution in [0.15, 0.2) is 18.2 Å². The predicted molar refractivity (Wildman–Crippen MR) is 84.7 cm³/mol. The van der Waals surface area contributed by atoms with Crippen molar-refractivity contribution in [3.63, 3.8) is 0 Å². The lowest BCUT2D eigenvalue weighted by Crippen LogP contribution is -2.24. The number of benzene rings is 1. The summed E-state index contributed by atoms with van der Waals surface area (Å²) in [7, 11) is -0.723. The molecule has 1 aromatic carbocycles. The number of rotatable bonds is 6. The highest BCUT2D eigenvalue weighted by atomic mass is 32.2. The van der Waals surface area contributed by atoms with E-state index in [4.69, 9.17) is 4.74 Å². The third-order valence-corrected chi connectivity index (χ3v) is 5.12. The number of hydrogen-bond acceptors (Lipinski definition) is 3. The van der Waals surface area contributed by atoms with Crippen LogP contribution in [0, 0.1) is 0 Å². The molecule has 0 amide bonds. The molecule has 1 N–H and O–H groups in total. The predicted octanol–water partition coefficient (Wildman–Crippen LogP) is 2.65. The van der Waals surface area contributed by atoms with Gasteiger partial charge in [-0.15, -0.1) is 0 Å². The summed E-state index contributed by atoms with van der Waals surface area (Å²) in [4.78, 5) is 0. The average Bonchev–Trinajstić information content (AvgIpc) is 2.67. The lowest BCUT2D eigenvalue weighted by atomic mass is 10.0. The maximum Gasteiger partial charge on any atom is 0.123 e. The molecule has 1 heterocycles. The van der Waals surface area contributed by atoms with Crippen molar-refractivity contribution in [3.05, 3.63) is 29.3 Å². The highest BCUT2D eigenvalue weighted by Crippen LogP contribution is 2.35. The van der Waals surface area contributed by atoms with E-state index in [2.05, 4.69) is 37.4 Å². The van der Waals surface area contributed by atoms with Crippen molar-refractivity contribution in [1.82, 2.24) is 5.32 Å². The van der Waals surface area contributed by atoms with Gasteiger partial charge in [0.2, 0.25) is 0 Å². The Hall–Kier alpha value is -0.870. The van der Waals surface area contributed by atoms with E-state index >= 15 is 0 Å². The molecule has 2 atom stereocenters. The zero-order valence-corrected chi connectivity index (χ0v) is 13.7. The van der Waals surface area contributed by atoms with Crippen molar-refractivity contribution in [1.29, 1.82) is 0 Å². The highest BCUT2D eigenvalue weighted by Gasteiger charge is 2.29. The molecule has 20 heavy (non-hydrogen) atoms. The monoisotopic (exact) mass is 295 g/mol. The summed E-state index contributed by atoms with van der Waals surface area (Å²) in [5, 5.41) is 3.68. The van der Waals surface area contributed by atoms with E-state index in [1.807, 2.05) is 6.92 Å². The Morgan fingerprint density at radius 2 is 2.20 bits per heavy atom. The quantitative estimate of drug-likeness (QED) is 0.820. The molecule has 1 aliphatic rings. The summed E-state index contributed by atoms with van der Waals surface area (Å²) >= 11 is 0. The van der Waals surface area contributed by atoms with Crippen molar-refractivity contribution in [2.45, 2.75) is 51.0 Å².